The smallest absolute Gasteiger partial charge is 0.192 e. The molecule has 0 saturated carbocycles. The zero-order valence-electron chi connectivity index (χ0n) is 20.9. The average Bonchev–Trinajstić information content (AvgIpc) is 2.77. The molecule has 0 radical (unpaired) electrons. The normalized spacial score (nSPS) is 14.0. The van der Waals surface area contributed by atoms with Crippen LogP contribution < -0.4 is 4.74 Å². The van der Waals surface area contributed by atoms with Crippen molar-refractivity contribution in [3.8, 4) is 5.75 Å². The first kappa shape index (κ1) is 27.8. The van der Waals surface area contributed by atoms with Crippen LogP contribution in [0.3, 0.4) is 0 Å². The number of hydrogen-bond donors (Lipinski definition) is 0. The summed E-state index contributed by atoms with van der Waals surface area (Å²) in [5.74, 6) is 0.830. The van der Waals surface area contributed by atoms with E-state index in [-0.39, 0.29) is 17.2 Å². The lowest BCUT2D eigenvalue weighted by molar-refractivity contribution is -0.100. The molecule has 6 heteroatoms. The number of hydrogen-bond acceptors (Lipinski definition) is 4. The predicted molar refractivity (Wildman–Crippen MR) is 142 cm³/mol. The number of benzene rings is 2. The summed E-state index contributed by atoms with van der Waals surface area (Å²) < 4.78 is 25.5. The molecule has 0 N–H and O–H groups in total. The van der Waals surface area contributed by atoms with Gasteiger partial charge in [0.25, 0.3) is 0 Å². The van der Waals surface area contributed by atoms with Crippen LogP contribution in [0.2, 0.25) is 18.1 Å². The maximum atomic E-state index is 6.56. The van der Waals surface area contributed by atoms with Crippen LogP contribution in [0.15, 0.2) is 65.7 Å². The summed E-state index contributed by atoms with van der Waals surface area (Å²) in [4.78, 5) is 0. The maximum absolute atomic E-state index is 6.56. The van der Waals surface area contributed by atoms with Crippen molar-refractivity contribution in [2.45, 2.75) is 70.7 Å². The van der Waals surface area contributed by atoms with E-state index in [4.69, 9.17) is 18.6 Å². The highest BCUT2D eigenvalue weighted by Gasteiger charge is 2.38. The lowest BCUT2D eigenvalue weighted by Crippen LogP contribution is -2.45. The van der Waals surface area contributed by atoms with Gasteiger partial charge in [0.1, 0.15) is 11.9 Å². The molecule has 2 aromatic carbocycles. The molecule has 0 heterocycles. The lowest BCUT2D eigenvalue weighted by Gasteiger charge is -2.38. The zero-order valence-corrected chi connectivity index (χ0v) is 23.5. The van der Waals surface area contributed by atoms with Crippen molar-refractivity contribution < 1.29 is 18.6 Å². The fourth-order valence-electron chi connectivity index (χ4n) is 2.99. The van der Waals surface area contributed by atoms with Gasteiger partial charge in [0, 0.05) is 6.42 Å². The highest BCUT2D eigenvalue weighted by atomic mass is 79.9. The molecule has 0 aliphatic heterocycles. The summed E-state index contributed by atoms with van der Waals surface area (Å²) in [6.45, 7) is 16.8. The maximum Gasteiger partial charge on any atom is 0.192 e. The molecule has 0 amide bonds. The third-order valence-electron chi connectivity index (χ3n) is 6.18. The van der Waals surface area contributed by atoms with Gasteiger partial charge in [-0.25, -0.2) is 0 Å². The van der Waals surface area contributed by atoms with Crippen molar-refractivity contribution in [3.63, 3.8) is 0 Å². The van der Waals surface area contributed by atoms with Crippen molar-refractivity contribution in [1.29, 1.82) is 0 Å². The Hall–Kier alpha value is -1.44. The van der Waals surface area contributed by atoms with Crippen molar-refractivity contribution in [2.24, 2.45) is 0 Å². The monoisotopic (exact) mass is 534 g/mol. The highest BCUT2D eigenvalue weighted by Crippen LogP contribution is 2.37. The second-order valence-corrected chi connectivity index (χ2v) is 15.8. The number of rotatable bonds is 13. The molecule has 33 heavy (non-hydrogen) atoms. The van der Waals surface area contributed by atoms with E-state index in [1.54, 1.807) is 7.11 Å². The third kappa shape index (κ3) is 9.37. The predicted octanol–water partition coefficient (Wildman–Crippen LogP) is 7.49. The minimum atomic E-state index is -1.94. The zero-order chi connectivity index (χ0) is 24.5. The molecule has 0 unspecified atom stereocenters. The Balaban J connectivity index is 2.17. The SMILES string of the molecule is C=C(Br)C[C@@H](OCc1ccc(OC)cc1)[C@@H](CO[Si](C)(C)C(C)(C)C)OCc1ccccc1. The van der Waals surface area contributed by atoms with E-state index in [9.17, 15) is 0 Å². The van der Waals surface area contributed by atoms with Crippen molar-refractivity contribution in [2.75, 3.05) is 13.7 Å². The summed E-state index contributed by atoms with van der Waals surface area (Å²) in [7, 11) is -0.276. The Bertz CT molecular complexity index is 847. The molecule has 182 valence electrons. The first-order chi connectivity index (χ1) is 15.5. The quantitative estimate of drug-likeness (QED) is 0.249. The molecule has 0 saturated heterocycles. The lowest BCUT2D eigenvalue weighted by atomic mass is 10.1. The van der Waals surface area contributed by atoms with Gasteiger partial charge in [-0.2, -0.15) is 0 Å². The van der Waals surface area contributed by atoms with Gasteiger partial charge in [0.05, 0.1) is 33.0 Å². The number of halogens is 1. The first-order valence-electron chi connectivity index (χ1n) is 11.4. The molecular weight excluding hydrogens is 496 g/mol. The van der Waals surface area contributed by atoms with E-state index >= 15 is 0 Å². The van der Waals surface area contributed by atoms with E-state index < -0.39 is 8.32 Å². The second-order valence-electron chi connectivity index (χ2n) is 9.83. The summed E-state index contributed by atoms with van der Waals surface area (Å²) in [6, 6.07) is 18.1. The Morgan fingerprint density at radius 2 is 1.45 bits per heavy atom. The molecule has 4 nitrogen and oxygen atoms in total. The van der Waals surface area contributed by atoms with Crippen molar-refractivity contribution in [3.05, 3.63) is 76.8 Å². The van der Waals surface area contributed by atoms with E-state index in [1.165, 1.54) is 0 Å². The minimum Gasteiger partial charge on any atom is -0.497 e. The first-order valence-corrected chi connectivity index (χ1v) is 15.1. The van der Waals surface area contributed by atoms with E-state index in [0.717, 1.165) is 21.4 Å². The second kappa shape index (κ2) is 12.9. The Morgan fingerprint density at radius 1 is 0.909 bits per heavy atom. The largest absolute Gasteiger partial charge is 0.497 e. The van der Waals surface area contributed by atoms with E-state index in [2.05, 4.69) is 68.5 Å². The summed E-state index contributed by atoms with van der Waals surface area (Å²) in [6.07, 6.45) is 0.204. The summed E-state index contributed by atoms with van der Waals surface area (Å²) in [5, 5.41) is 0.120. The highest BCUT2D eigenvalue weighted by molar-refractivity contribution is 9.11. The van der Waals surface area contributed by atoms with Crippen LogP contribution in [-0.4, -0.2) is 34.2 Å². The van der Waals surface area contributed by atoms with Gasteiger partial charge in [-0.15, -0.1) is 0 Å². The van der Waals surface area contributed by atoms with Crippen LogP contribution in [-0.2, 0) is 27.1 Å². The molecule has 2 aromatic rings. The Kier molecular flexibility index (Phi) is 10.8. The minimum absolute atomic E-state index is 0.120. The van der Waals surface area contributed by atoms with Crippen LogP contribution in [0.25, 0.3) is 0 Å². The van der Waals surface area contributed by atoms with Crippen LogP contribution >= 0.6 is 15.9 Å². The van der Waals surface area contributed by atoms with Gasteiger partial charge in [-0.05, 0) is 45.9 Å². The van der Waals surface area contributed by atoms with Crippen LogP contribution in [0.4, 0.5) is 0 Å². The topological polar surface area (TPSA) is 36.9 Å². The summed E-state index contributed by atoms with van der Waals surface area (Å²) in [5.41, 5.74) is 2.20. The molecule has 0 bridgehead atoms. The number of ether oxygens (including phenoxy) is 3. The Labute approximate surface area is 209 Å². The van der Waals surface area contributed by atoms with Gasteiger partial charge >= 0.3 is 0 Å². The fourth-order valence-corrected chi connectivity index (χ4v) is 4.32. The molecule has 0 fully saturated rings. The standard InChI is InChI=1S/C27H39BrO4Si/c1-21(28)17-25(30-19-23-13-15-24(29-5)16-14-23)26(20-32-33(6,7)27(2,3)4)31-18-22-11-9-8-10-12-22/h8-16,25-26H,1,17-20H2,2-7H3/t25-,26-/m1/s1. The average molecular weight is 536 g/mol. The molecule has 2 rings (SSSR count). The van der Waals surface area contributed by atoms with Gasteiger partial charge in [-0.1, -0.05) is 85.7 Å². The van der Waals surface area contributed by atoms with Crippen molar-refractivity contribution >= 4 is 24.2 Å². The van der Waals surface area contributed by atoms with Crippen LogP contribution in [0.5, 0.6) is 5.75 Å². The Morgan fingerprint density at radius 3 is 1.97 bits per heavy atom. The molecule has 2 atom stereocenters. The molecular formula is C27H39BrO4Si. The fraction of sp³-hybridized carbons (Fsp3) is 0.481. The molecule has 0 aliphatic rings. The van der Waals surface area contributed by atoms with Gasteiger partial charge in [0.2, 0.25) is 0 Å². The molecule has 0 aromatic heterocycles. The van der Waals surface area contributed by atoms with Gasteiger partial charge < -0.3 is 18.6 Å². The summed E-state index contributed by atoms with van der Waals surface area (Å²) >= 11 is 3.53. The van der Waals surface area contributed by atoms with Gasteiger partial charge in [0.15, 0.2) is 8.32 Å². The van der Waals surface area contributed by atoms with Crippen LogP contribution in [0, 0.1) is 0 Å². The van der Waals surface area contributed by atoms with Crippen molar-refractivity contribution in [1.82, 2.24) is 0 Å². The van der Waals surface area contributed by atoms with E-state index in [1.807, 2.05) is 42.5 Å². The third-order valence-corrected chi connectivity index (χ3v) is 11.0. The van der Waals surface area contributed by atoms with Crippen LogP contribution in [0.1, 0.15) is 38.3 Å². The van der Waals surface area contributed by atoms with Gasteiger partial charge in [-0.3, -0.25) is 0 Å². The number of methoxy groups -OCH3 is 1. The molecule has 0 aliphatic carbocycles. The van der Waals surface area contributed by atoms with E-state index in [0.29, 0.717) is 26.2 Å². The molecule has 0 spiro atoms.